The van der Waals surface area contributed by atoms with Gasteiger partial charge in [-0.15, -0.1) is 0 Å². The van der Waals surface area contributed by atoms with Crippen molar-refractivity contribution in [1.29, 1.82) is 0 Å². The van der Waals surface area contributed by atoms with Crippen LogP contribution in [0.5, 0.6) is 0 Å². The molecule has 2 aromatic carbocycles. The van der Waals surface area contributed by atoms with Gasteiger partial charge >= 0.3 is 0 Å². The van der Waals surface area contributed by atoms with Crippen LogP contribution in [-0.2, 0) is 10.0 Å². The van der Waals surface area contributed by atoms with Crippen LogP contribution in [0.2, 0.25) is 5.02 Å². The lowest BCUT2D eigenvalue weighted by Gasteiger charge is -2.08. The highest BCUT2D eigenvalue weighted by atomic mass is 35.5. The van der Waals surface area contributed by atoms with Gasteiger partial charge in [-0.3, -0.25) is 14.9 Å². The number of benzene rings is 2. The molecule has 0 radical (unpaired) electrons. The van der Waals surface area contributed by atoms with Gasteiger partial charge in [0.05, 0.1) is 9.95 Å². The second-order valence-corrected chi connectivity index (χ2v) is 6.23. The van der Waals surface area contributed by atoms with E-state index in [0.717, 1.165) is 18.2 Å². The number of non-ortho nitro benzene ring substituents is 1. The molecule has 0 fully saturated rings. The zero-order valence-electron chi connectivity index (χ0n) is 10.9. The highest BCUT2D eigenvalue weighted by Crippen LogP contribution is 2.26. The zero-order valence-corrected chi connectivity index (χ0v) is 12.5. The first kappa shape index (κ1) is 15.9. The molecule has 0 saturated carbocycles. The van der Waals surface area contributed by atoms with E-state index in [2.05, 4.69) is 0 Å². The van der Waals surface area contributed by atoms with Crippen molar-refractivity contribution in [1.82, 2.24) is 4.72 Å². The summed E-state index contributed by atoms with van der Waals surface area (Å²) in [5, 5.41) is 10.5. The molecule has 0 aliphatic heterocycles. The molecular formula is C13H9ClN2O5S. The molecule has 0 spiro atoms. The molecule has 0 heterocycles. The van der Waals surface area contributed by atoms with Crippen molar-refractivity contribution in [2.75, 3.05) is 0 Å². The average molecular weight is 341 g/mol. The molecule has 22 heavy (non-hydrogen) atoms. The number of nitrogens with zero attached hydrogens (tertiary/aromatic N) is 1. The summed E-state index contributed by atoms with van der Waals surface area (Å²) < 4.78 is 26.2. The highest BCUT2D eigenvalue weighted by Gasteiger charge is 2.24. The number of nitro benzene ring substituents is 1. The molecule has 1 N–H and O–H groups in total. The van der Waals surface area contributed by atoms with E-state index in [-0.39, 0.29) is 10.6 Å². The second-order valence-electron chi connectivity index (χ2n) is 4.17. The summed E-state index contributed by atoms with van der Waals surface area (Å²) in [6.45, 7) is 0. The van der Waals surface area contributed by atoms with Crippen LogP contribution in [0.25, 0.3) is 0 Å². The van der Waals surface area contributed by atoms with E-state index in [1.54, 1.807) is 18.2 Å². The van der Waals surface area contributed by atoms with Gasteiger partial charge in [0, 0.05) is 17.7 Å². The van der Waals surface area contributed by atoms with Crippen LogP contribution in [0.15, 0.2) is 53.4 Å². The molecule has 0 aliphatic carbocycles. The Bertz CT molecular complexity index is 837. The number of carbonyl (C=O) groups is 1. The third kappa shape index (κ3) is 3.41. The van der Waals surface area contributed by atoms with Gasteiger partial charge in [0.1, 0.15) is 4.90 Å². The fourth-order valence-electron chi connectivity index (χ4n) is 1.64. The van der Waals surface area contributed by atoms with Crippen molar-refractivity contribution in [2.24, 2.45) is 0 Å². The van der Waals surface area contributed by atoms with Gasteiger partial charge < -0.3 is 0 Å². The van der Waals surface area contributed by atoms with Crippen molar-refractivity contribution in [3.05, 3.63) is 69.2 Å². The van der Waals surface area contributed by atoms with Crippen molar-refractivity contribution < 1.29 is 18.1 Å². The molecular weight excluding hydrogens is 332 g/mol. The third-order valence-electron chi connectivity index (χ3n) is 2.68. The first-order chi connectivity index (χ1) is 10.3. The van der Waals surface area contributed by atoms with Gasteiger partial charge in [-0.2, -0.15) is 0 Å². The largest absolute Gasteiger partial charge is 0.270 e. The number of hydrogen-bond donors (Lipinski definition) is 1. The maximum absolute atomic E-state index is 12.2. The Kier molecular flexibility index (Phi) is 4.43. The van der Waals surface area contributed by atoms with Crippen LogP contribution in [0.4, 0.5) is 5.69 Å². The van der Waals surface area contributed by atoms with Crippen molar-refractivity contribution in [3.8, 4) is 0 Å². The van der Waals surface area contributed by atoms with Crippen LogP contribution < -0.4 is 4.72 Å². The van der Waals surface area contributed by atoms with E-state index in [1.165, 1.54) is 12.1 Å². The minimum atomic E-state index is -4.33. The summed E-state index contributed by atoms with van der Waals surface area (Å²) in [6.07, 6.45) is 0. The Hall–Kier alpha value is -2.45. The molecule has 0 aliphatic rings. The smallest absolute Gasteiger partial charge is 0.268 e. The van der Waals surface area contributed by atoms with Crippen LogP contribution >= 0.6 is 11.6 Å². The standard InChI is InChI=1S/C13H9ClN2O5S/c14-11-7-6-10(16(18)19)8-12(11)22(20,21)15-13(17)9-4-2-1-3-5-9/h1-8H,(H,15,17). The SMILES string of the molecule is O=C(NS(=O)(=O)c1cc([N+](=O)[O-])ccc1Cl)c1ccccc1. The van der Waals surface area contributed by atoms with E-state index < -0.39 is 31.4 Å². The number of hydrogen-bond acceptors (Lipinski definition) is 5. The number of carbonyl (C=O) groups excluding carboxylic acids is 1. The van der Waals surface area contributed by atoms with Gasteiger partial charge in [-0.1, -0.05) is 29.8 Å². The number of halogens is 1. The monoisotopic (exact) mass is 340 g/mol. The lowest BCUT2D eigenvalue weighted by molar-refractivity contribution is -0.385. The first-order valence-electron chi connectivity index (χ1n) is 5.87. The summed E-state index contributed by atoms with van der Waals surface area (Å²) in [5.41, 5.74) is -0.315. The normalized spacial score (nSPS) is 11.0. The van der Waals surface area contributed by atoms with Crippen LogP contribution in [0.1, 0.15) is 10.4 Å². The van der Waals surface area contributed by atoms with Crippen LogP contribution in [0, 0.1) is 10.1 Å². The summed E-state index contributed by atoms with van der Waals surface area (Å²) in [7, 11) is -4.33. The number of nitrogens with one attached hydrogen (secondary N) is 1. The molecule has 0 bridgehead atoms. The Balaban J connectivity index is 2.37. The molecule has 2 aromatic rings. The van der Waals surface area contributed by atoms with Gasteiger partial charge in [-0.25, -0.2) is 13.1 Å². The molecule has 9 heteroatoms. The Morgan fingerprint density at radius 1 is 1.14 bits per heavy atom. The fourth-order valence-corrected chi connectivity index (χ4v) is 3.13. The van der Waals surface area contributed by atoms with E-state index in [4.69, 9.17) is 11.6 Å². The molecule has 0 aromatic heterocycles. The maximum atomic E-state index is 12.2. The minimum Gasteiger partial charge on any atom is -0.268 e. The van der Waals surface area contributed by atoms with Crippen molar-refractivity contribution in [2.45, 2.75) is 4.90 Å². The molecule has 7 nitrogen and oxygen atoms in total. The summed E-state index contributed by atoms with van der Waals surface area (Å²) in [6, 6.07) is 10.6. The summed E-state index contributed by atoms with van der Waals surface area (Å²) in [5.74, 6) is -0.858. The average Bonchev–Trinajstić information content (AvgIpc) is 2.47. The summed E-state index contributed by atoms with van der Waals surface area (Å²) in [4.78, 5) is 21.3. The third-order valence-corrected chi connectivity index (χ3v) is 4.49. The number of sulfonamides is 1. The minimum absolute atomic E-state index is 0.132. The molecule has 114 valence electrons. The lowest BCUT2D eigenvalue weighted by atomic mass is 10.2. The van der Waals surface area contributed by atoms with Crippen LogP contribution in [-0.4, -0.2) is 19.2 Å². The van der Waals surface area contributed by atoms with E-state index in [0.29, 0.717) is 0 Å². The number of amides is 1. The number of rotatable bonds is 4. The molecule has 2 rings (SSSR count). The van der Waals surface area contributed by atoms with E-state index in [9.17, 15) is 23.3 Å². The van der Waals surface area contributed by atoms with Gasteiger partial charge in [0.2, 0.25) is 0 Å². The molecule has 0 saturated heterocycles. The lowest BCUT2D eigenvalue weighted by Crippen LogP contribution is -2.30. The van der Waals surface area contributed by atoms with E-state index in [1.807, 2.05) is 4.72 Å². The van der Waals surface area contributed by atoms with E-state index >= 15 is 0 Å². The second kappa shape index (κ2) is 6.12. The van der Waals surface area contributed by atoms with Gasteiger partial charge in [0.25, 0.3) is 21.6 Å². The van der Waals surface area contributed by atoms with Gasteiger partial charge in [0.15, 0.2) is 0 Å². The Labute approximate surface area is 130 Å². The number of nitro groups is 1. The first-order valence-corrected chi connectivity index (χ1v) is 7.73. The highest BCUT2D eigenvalue weighted by molar-refractivity contribution is 7.90. The molecule has 0 unspecified atom stereocenters. The predicted molar refractivity (Wildman–Crippen MR) is 79.2 cm³/mol. The maximum Gasteiger partial charge on any atom is 0.270 e. The van der Waals surface area contributed by atoms with Gasteiger partial charge in [-0.05, 0) is 18.2 Å². The van der Waals surface area contributed by atoms with Crippen LogP contribution in [0.3, 0.4) is 0 Å². The predicted octanol–water partition coefficient (Wildman–Crippen LogP) is 2.37. The Morgan fingerprint density at radius 2 is 1.77 bits per heavy atom. The van der Waals surface area contributed by atoms with Crippen molar-refractivity contribution >= 4 is 33.2 Å². The Morgan fingerprint density at radius 3 is 2.36 bits per heavy atom. The molecule has 0 atom stereocenters. The quantitative estimate of drug-likeness (QED) is 0.679. The fraction of sp³-hybridized carbons (Fsp3) is 0. The van der Waals surface area contributed by atoms with Crippen molar-refractivity contribution in [3.63, 3.8) is 0 Å². The zero-order chi connectivity index (χ0) is 16.3. The topological polar surface area (TPSA) is 106 Å². The summed E-state index contributed by atoms with van der Waals surface area (Å²) >= 11 is 5.76. The molecule has 1 amide bonds.